The first-order valence-corrected chi connectivity index (χ1v) is 13.5. The van der Waals surface area contributed by atoms with Crippen molar-refractivity contribution < 1.29 is 14.3 Å². The maximum atomic E-state index is 13.9. The van der Waals surface area contributed by atoms with Crippen LogP contribution in [0.2, 0.25) is 0 Å². The number of nitrogens with one attached hydrogen (secondary N) is 2. The van der Waals surface area contributed by atoms with Crippen LogP contribution in [0.15, 0.2) is 48.5 Å². The Morgan fingerprint density at radius 1 is 1.06 bits per heavy atom. The first kappa shape index (κ1) is 23.1. The van der Waals surface area contributed by atoms with E-state index >= 15 is 0 Å². The lowest BCUT2D eigenvalue weighted by atomic mass is 9.84. The molecule has 1 aliphatic carbocycles. The summed E-state index contributed by atoms with van der Waals surface area (Å²) in [4.78, 5) is 32.8. The van der Waals surface area contributed by atoms with E-state index in [1.54, 1.807) is 0 Å². The van der Waals surface area contributed by atoms with Gasteiger partial charge in [0.2, 0.25) is 11.8 Å². The summed E-state index contributed by atoms with van der Waals surface area (Å²) in [5.74, 6) is 1.23. The Bertz CT molecular complexity index is 1280. The third-order valence-corrected chi connectivity index (χ3v) is 8.07. The van der Waals surface area contributed by atoms with Gasteiger partial charge in [0, 0.05) is 35.5 Å². The van der Waals surface area contributed by atoms with Crippen LogP contribution in [-0.2, 0) is 22.4 Å². The van der Waals surface area contributed by atoms with Gasteiger partial charge in [0.05, 0.1) is 12.1 Å². The van der Waals surface area contributed by atoms with Gasteiger partial charge in [-0.05, 0) is 61.3 Å². The molecule has 1 saturated heterocycles. The normalized spacial score (nSPS) is 24.2. The summed E-state index contributed by atoms with van der Waals surface area (Å²) in [6, 6.07) is 15.0. The molecule has 2 aliphatic heterocycles. The van der Waals surface area contributed by atoms with E-state index in [4.69, 9.17) is 4.74 Å². The number of carbonyl (C=O) groups excluding carboxylic acids is 2. The van der Waals surface area contributed by atoms with Gasteiger partial charge in [0.1, 0.15) is 17.8 Å². The molecule has 6 heteroatoms. The fourth-order valence-electron chi connectivity index (χ4n) is 6.38. The second-order valence-electron chi connectivity index (χ2n) is 11.1. The van der Waals surface area contributed by atoms with Crippen LogP contribution in [0.5, 0.6) is 5.75 Å². The Kier molecular flexibility index (Phi) is 5.98. The Morgan fingerprint density at radius 2 is 1.83 bits per heavy atom. The summed E-state index contributed by atoms with van der Waals surface area (Å²) < 4.78 is 6.26. The highest BCUT2D eigenvalue weighted by Gasteiger charge is 2.48. The second kappa shape index (κ2) is 9.30. The lowest BCUT2D eigenvalue weighted by Gasteiger charge is -2.46. The van der Waals surface area contributed by atoms with Gasteiger partial charge in [0.25, 0.3) is 0 Å². The van der Waals surface area contributed by atoms with Crippen LogP contribution in [0.4, 0.5) is 0 Å². The minimum Gasteiger partial charge on any atom is -0.490 e. The van der Waals surface area contributed by atoms with Crippen LogP contribution in [0, 0.1) is 5.92 Å². The van der Waals surface area contributed by atoms with E-state index in [0.717, 1.165) is 52.7 Å². The van der Waals surface area contributed by atoms with Crippen LogP contribution in [-0.4, -0.2) is 39.9 Å². The number of ether oxygens (including phenoxy) is 1. The van der Waals surface area contributed by atoms with Gasteiger partial charge in [-0.1, -0.05) is 44.2 Å². The van der Waals surface area contributed by atoms with Crippen LogP contribution in [0.3, 0.4) is 0 Å². The number of rotatable bonds is 6. The Hall–Kier alpha value is -3.28. The predicted molar refractivity (Wildman–Crippen MR) is 140 cm³/mol. The molecule has 3 heterocycles. The largest absolute Gasteiger partial charge is 0.490 e. The van der Waals surface area contributed by atoms with Crippen LogP contribution >= 0.6 is 0 Å². The van der Waals surface area contributed by atoms with Crippen LogP contribution in [0.1, 0.15) is 68.8 Å². The molecule has 0 spiro atoms. The minimum absolute atomic E-state index is 0.0173. The molecule has 188 valence electrons. The molecule has 6 rings (SSSR count). The highest BCUT2D eigenvalue weighted by Crippen LogP contribution is 2.42. The van der Waals surface area contributed by atoms with Crippen molar-refractivity contribution in [3.63, 3.8) is 0 Å². The molecule has 0 unspecified atom stereocenters. The molecule has 3 aliphatic rings. The summed E-state index contributed by atoms with van der Waals surface area (Å²) in [6.07, 6.45) is 6.85. The van der Waals surface area contributed by atoms with Gasteiger partial charge in [-0.3, -0.25) is 9.59 Å². The van der Waals surface area contributed by atoms with Crippen molar-refractivity contribution in [2.24, 2.45) is 5.92 Å². The van der Waals surface area contributed by atoms with Gasteiger partial charge >= 0.3 is 0 Å². The molecule has 6 nitrogen and oxygen atoms in total. The average Bonchev–Trinajstić information content (AvgIpc) is 3.50. The molecule has 2 N–H and O–H groups in total. The molecule has 0 radical (unpaired) electrons. The third kappa shape index (κ3) is 4.16. The number of nitrogens with zero attached hydrogens (tertiary/aromatic N) is 1. The maximum Gasteiger partial charge on any atom is 0.246 e. The number of aromatic nitrogens is 1. The molecule has 3 aromatic rings. The smallest absolute Gasteiger partial charge is 0.246 e. The van der Waals surface area contributed by atoms with Crippen molar-refractivity contribution >= 4 is 22.7 Å². The van der Waals surface area contributed by atoms with Crippen LogP contribution < -0.4 is 10.1 Å². The fraction of sp³-hybridized carbons (Fsp3) is 0.467. The van der Waals surface area contributed by atoms with Crippen molar-refractivity contribution in [2.75, 3.05) is 0 Å². The number of fused-ring (bicyclic) bond motifs is 4. The van der Waals surface area contributed by atoms with Crippen molar-refractivity contribution in [1.29, 1.82) is 0 Å². The van der Waals surface area contributed by atoms with E-state index in [1.807, 2.05) is 35.2 Å². The van der Waals surface area contributed by atoms with Gasteiger partial charge in [-0.2, -0.15) is 0 Å². The van der Waals surface area contributed by atoms with E-state index in [0.29, 0.717) is 24.9 Å². The SMILES string of the molecule is CC(C)C[C@H]1c2[nH]c3cc(OC4CCCC4)ccc3c2C[C@H]2C(=O)N[C@@H](Cc3ccccc3)C(=O)N21. The van der Waals surface area contributed by atoms with Gasteiger partial charge < -0.3 is 19.9 Å². The first-order chi connectivity index (χ1) is 17.5. The van der Waals surface area contributed by atoms with E-state index in [-0.39, 0.29) is 17.9 Å². The summed E-state index contributed by atoms with van der Waals surface area (Å²) in [5, 5.41) is 4.18. The molecule has 1 saturated carbocycles. The number of piperazine rings is 1. The molecule has 2 amide bonds. The summed E-state index contributed by atoms with van der Waals surface area (Å²) >= 11 is 0. The zero-order valence-electron chi connectivity index (χ0n) is 21.1. The average molecular weight is 486 g/mol. The quantitative estimate of drug-likeness (QED) is 0.512. The standard InChI is InChI=1S/C30H35N3O3/c1-18(2)14-26-28-23(22-13-12-21(16-24(22)31-28)36-20-10-6-7-11-20)17-27-29(34)32-25(30(35)33(26)27)15-19-8-4-3-5-9-19/h3-5,8-9,12-13,16,18,20,25-27,31H,6-7,10-11,14-15,17H2,1-2H3,(H,32,34)/t25-,26-,27-/m0/s1. The molecule has 2 aromatic carbocycles. The molecule has 36 heavy (non-hydrogen) atoms. The number of hydrogen-bond donors (Lipinski definition) is 2. The van der Waals surface area contributed by atoms with E-state index in [9.17, 15) is 9.59 Å². The van der Waals surface area contributed by atoms with Crippen molar-refractivity contribution in [3.05, 3.63) is 65.4 Å². The Morgan fingerprint density at radius 3 is 2.58 bits per heavy atom. The Balaban J connectivity index is 1.35. The first-order valence-electron chi connectivity index (χ1n) is 13.5. The van der Waals surface area contributed by atoms with E-state index in [1.165, 1.54) is 12.8 Å². The number of amides is 2. The monoisotopic (exact) mass is 485 g/mol. The molecule has 3 atom stereocenters. The fourth-order valence-corrected chi connectivity index (χ4v) is 6.38. The molecule has 2 fully saturated rings. The molecular weight excluding hydrogens is 450 g/mol. The van der Waals surface area contributed by atoms with Crippen molar-refractivity contribution in [2.45, 2.75) is 83.0 Å². The third-order valence-electron chi connectivity index (χ3n) is 8.07. The zero-order valence-corrected chi connectivity index (χ0v) is 21.1. The molecular formula is C30H35N3O3. The van der Waals surface area contributed by atoms with Crippen LogP contribution in [0.25, 0.3) is 10.9 Å². The van der Waals surface area contributed by atoms with E-state index < -0.39 is 12.1 Å². The van der Waals surface area contributed by atoms with E-state index in [2.05, 4.69) is 42.3 Å². The summed E-state index contributed by atoms with van der Waals surface area (Å²) in [7, 11) is 0. The minimum atomic E-state index is -0.539. The predicted octanol–water partition coefficient (Wildman–Crippen LogP) is 5.07. The lowest BCUT2D eigenvalue weighted by molar-refractivity contribution is -0.153. The van der Waals surface area contributed by atoms with Gasteiger partial charge in [-0.15, -0.1) is 0 Å². The number of aromatic amines is 1. The number of carbonyl (C=O) groups is 2. The second-order valence-corrected chi connectivity index (χ2v) is 11.1. The number of hydrogen-bond acceptors (Lipinski definition) is 3. The Labute approximate surface area is 212 Å². The number of H-pyrrole nitrogens is 1. The van der Waals surface area contributed by atoms with Gasteiger partial charge in [0.15, 0.2) is 0 Å². The van der Waals surface area contributed by atoms with Crippen molar-refractivity contribution in [3.8, 4) is 5.75 Å². The highest BCUT2D eigenvalue weighted by molar-refractivity contribution is 5.99. The topological polar surface area (TPSA) is 74.4 Å². The summed E-state index contributed by atoms with van der Waals surface area (Å²) in [6.45, 7) is 4.35. The molecule has 1 aromatic heterocycles. The van der Waals surface area contributed by atoms with Gasteiger partial charge in [-0.25, -0.2) is 0 Å². The number of benzene rings is 2. The maximum absolute atomic E-state index is 13.9. The highest BCUT2D eigenvalue weighted by atomic mass is 16.5. The zero-order chi connectivity index (χ0) is 24.8. The summed E-state index contributed by atoms with van der Waals surface area (Å²) in [5.41, 5.74) is 4.31. The van der Waals surface area contributed by atoms with Crippen molar-refractivity contribution in [1.82, 2.24) is 15.2 Å². The molecule has 0 bridgehead atoms. The lowest BCUT2D eigenvalue weighted by Crippen LogP contribution is -2.66.